The van der Waals surface area contributed by atoms with Gasteiger partial charge in [-0.3, -0.25) is 5.84 Å². The highest BCUT2D eigenvalue weighted by atomic mass is 15.4. The number of nitrogens with zero attached hydrogens (tertiary/aromatic N) is 1. The fourth-order valence-electron chi connectivity index (χ4n) is 1.81. The molecule has 0 unspecified atom stereocenters. The molecule has 0 heterocycles. The molecule has 0 bridgehead atoms. The van der Waals surface area contributed by atoms with Gasteiger partial charge in [-0.05, 0) is 17.5 Å². The highest BCUT2D eigenvalue weighted by Crippen LogP contribution is 2.04. The van der Waals surface area contributed by atoms with Crippen molar-refractivity contribution < 1.29 is 0 Å². The van der Waals surface area contributed by atoms with Gasteiger partial charge < -0.3 is 0 Å². The molecule has 0 aromatic heterocycles. The Kier molecular flexibility index (Phi) is 4.30. The fraction of sp³-hybridized carbons (Fsp3) is 0.200. The first-order valence-corrected chi connectivity index (χ1v) is 5.92. The van der Waals surface area contributed by atoms with E-state index in [9.17, 15) is 0 Å². The quantitative estimate of drug-likeness (QED) is 0.627. The SMILES string of the molecule is NN(CCc1ccccc1)Cc1ccccc1. The van der Waals surface area contributed by atoms with Crippen molar-refractivity contribution in [1.82, 2.24) is 5.01 Å². The van der Waals surface area contributed by atoms with Crippen LogP contribution in [0.5, 0.6) is 0 Å². The molecular weight excluding hydrogens is 208 g/mol. The average molecular weight is 226 g/mol. The van der Waals surface area contributed by atoms with Crippen LogP contribution in [-0.4, -0.2) is 11.6 Å². The highest BCUT2D eigenvalue weighted by molar-refractivity contribution is 5.16. The zero-order valence-corrected chi connectivity index (χ0v) is 9.92. The van der Waals surface area contributed by atoms with Crippen LogP contribution in [0.2, 0.25) is 0 Å². The topological polar surface area (TPSA) is 29.3 Å². The Morgan fingerprint density at radius 1 is 0.765 bits per heavy atom. The lowest BCUT2D eigenvalue weighted by atomic mass is 10.1. The molecule has 2 aromatic rings. The first-order chi connectivity index (χ1) is 8.34. The van der Waals surface area contributed by atoms with Crippen LogP contribution in [0.4, 0.5) is 0 Å². The Hall–Kier alpha value is -1.64. The lowest BCUT2D eigenvalue weighted by Crippen LogP contribution is -2.32. The molecule has 0 aliphatic heterocycles. The summed E-state index contributed by atoms with van der Waals surface area (Å²) in [6, 6.07) is 20.7. The fourth-order valence-corrected chi connectivity index (χ4v) is 1.81. The summed E-state index contributed by atoms with van der Waals surface area (Å²) >= 11 is 0. The van der Waals surface area contributed by atoms with Crippen molar-refractivity contribution in [3.8, 4) is 0 Å². The van der Waals surface area contributed by atoms with E-state index in [1.807, 2.05) is 29.3 Å². The molecule has 0 atom stereocenters. The molecule has 0 saturated heterocycles. The molecule has 2 nitrogen and oxygen atoms in total. The molecule has 2 aromatic carbocycles. The van der Waals surface area contributed by atoms with Crippen LogP contribution in [-0.2, 0) is 13.0 Å². The maximum atomic E-state index is 5.99. The van der Waals surface area contributed by atoms with Gasteiger partial charge in [0.25, 0.3) is 0 Å². The van der Waals surface area contributed by atoms with Gasteiger partial charge >= 0.3 is 0 Å². The normalized spacial score (nSPS) is 10.7. The van der Waals surface area contributed by atoms with Gasteiger partial charge in [0.2, 0.25) is 0 Å². The summed E-state index contributed by atoms with van der Waals surface area (Å²) in [6.45, 7) is 1.67. The van der Waals surface area contributed by atoms with E-state index in [2.05, 4.69) is 36.4 Å². The van der Waals surface area contributed by atoms with Gasteiger partial charge in [-0.1, -0.05) is 60.7 Å². The van der Waals surface area contributed by atoms with Gasteiger partial charge in [-0.25, -0.2) is 5.01 Å². The maximum Gasteiger partial charge on any atom is 0.0379 e. The first kappa shape index (κ1) is 11.8. The van der Waals surface area contributed by atoms with E-state index < -0.39 is 0 Å². The number of rotatable bonds is 5. The first-order valence-electron chi connectivity index (χ1n) is 5.92. The van der Waals surface area contributed by atoms with Crippen LogP contribution in [0.1, 0.15) is 11.1 Å². The standard InChI is InChI=1S/C15H18N2/c16-17(13-15-9-5-2-6-10-15)12-11-14-7-3-1-4-8-14/h1-10H,11-13,16H2. The Balaban J connectivity index is 1.80. The van der Waals surface area contributed by atoms with Gasteiger partial charge in [0, 0.05) is 13.1 Å². The molecule has 2 N–H and O–H groups in total. The summed E-state index contributed by atoms with van der Waals surface area (Å²) in [7, 11) is 0. The van der Waals surface area contributed by atoms with Gasteiger partial charge in [0.05, 0.1) is 0 Å². The number of hydrazine groups is 1. The summed E-state index contributed by atoms with van der Waals surface area (Å²) < 4.78 is 0. The van der Waals surface area contributed by atoms with Crippen molar-refractivity contribution in [3.63, 3.8) is 0 Å². The average Bonchev–Trinajstić information content (AvgIpc) is 2.39. The third kappa shape index (κ3) is 4.02. The number of benzene rings is 2. The van der Waals surface area contributed by atoms with Crippen molar-refractivity contribution in [2.24, 2.45) is 5.84 Å². The number of nitrogens with two attached hydrogens (primary N) is 1. The van der Waals surface area contributed by atoms with Gasteiger partial charge in [0.1, 0.15) is 0 Å². The predicted molar refractivity (Wildman–Crippen MR) is 71.2 cm³/mol. The molecule has 2 rings (SSSR count). The lowest BCUT2D eigenvalue weighted by molar-refractivity contribution is 0.278. The minimum absolute atomic E-state index is 0.799. The van der Waals surface area contributed by atoms with Crippen LogP contribution in [0, 0.1) is 0 Å². The second-order valence-corrected chi connectivity index (χ2v) is 4.19. The minimum atomic E-state index is 0.799. The Labute approximate surface area is 103 Å². The second kappa shape index (κ2) is 6.18. The third-order valence-corrected chi connectivity index (χ3v) is 2.76. The number of hydrogen-bond donors (Lipinski definition) is 1. The molecule has 0 fully saturated rings. The minimum Gasteiger partial charge on any atom is -0.268 e. The maximum absolute atomic E-state index is 5.99. The van der Waals surface area contributed by atoms with Crippen molar-refractivity contribution in [2.75, 3.05) is 6.54 Å². The Morgan fingerprint density at radius 2 is 1.29 bits per heavy atom. The molecule has 0 radical (unpaired) electrons. The molecule has 0 amide bonds. The molecule has 0 saturated carbocycles. The lowest BCUT2D eigenvalue weighted by Gasteiger charge is -2.16. The van der Waals surface area contributed by atoms with E-state index in [1.165, 1.54) is 11.1 Å². The summed E-state index contributed by atoms with van der Waals surface area (Å²) in [5.74, 6) is 5.99. The summed E-state index contributed by atoms with van der Waals surface area (Å²) in [5, 5.41) is 1.86. The Bertz CT molecular complexity index is 425. The van der Waals surface area contributed by atoms with Crippen LogP contribution in [0.25, 0.3) is 0 Å². The van der Waals surface area contributed by atoms with Gasteiger partial charge in [-0.15, -0.1) is 0 Å². The third-order valence-electron chi connectivity index (χ3n) is 2.76. The van der Waals surface area contributed by atoms with Crippen LogP contribution >= 0.6 is 0 Å². The van der Waals surface area contributed by atoms with Gasteiger partial charge in [0.15, 0.2) is 0 Å². The zero-order chi connectivity index (χ0) is 11.9. The Morgan fingerprint density at radius 3 is 1.88 bits per heavy atom. The van der Waals surface area contributed by atoms with Crippen molar-refractivity contribution >= 4 is 0 Å². The van der Waals surface area contributed by atoms with E-state index in [-0.39, 0.29) is 0 Å². The molecular formula is C15H18N2. The molecule has 2 heteroatoms. The van der Waals surface area contributed by atoms with E-state index in [0.29, 0.717) is 0 Å². The van der Waals surface area contributed by atoms with E-state index in [1.54, 1.807) is 0 Å². The van der Waals surface area contributed by atoms with Gasteiger partial charge in [-0.2, -0.15) is 0 Å². The second-order valence-electron chi connectivity index (χ2n) is 4.19. The van der Waals surface area contributed by atoms with Crippen LogP contribution < -0.4 is 5.84 Å². The van der Waals surface area contributed by atoms with E-state index in [0.717, 1.165) is 19.5 Å². The van der Waals surface area contributed by atoms with Crippen LogP contribution in [0.15, 0.2) is 60.7 Å². The largest absolute Gasteiger partial charge is 0.268 e. The molecule has 0 spiro atoms. The summed E-state index contributed by atoms with van der Waals surface area (Å²) in [4.78, 5) is 0. The van der Waals surface area contributed by atoms with E-state index in [4.69, 9.17) is 5.84 Å². The number of hydrogen-bond acceptors (Lipinski definition) is 2. The highest BCUT2D eigenvalue weighted by Gasteiger charge is 2.00. The summed E-state index contributed by atoms with van der Waals surface area (Å²) in [5.41, 5.74) is 2.58. The monoisotopic (exact) mass is 226 g/mol. The van der Waals surface area contributed by atoms with Crippen molar-refractivity contribution in [1.29, 1.82) is 0 Å². The zero-order valence-electron chi connectivity index (χ0n) is 9.92. The van der Waals surface area contributed by atoms with Crippen molar-refractivity contribution in [3.05, 3.63) is 71.8 Å². The van der Waals surface area contributed by atoms with E-state index >= 15 is 0 Å². The predicted octanol–water partition coefficient (Wildman–Crippen LogP) is 2.61. The molecule has 17 heavy (non-hydrogen) atoms. The summed E-state index contributed by atoms with van der Waals surface area (Å²) in [6.07, 6.45) is 0.990. The molecule has 0 aliphatic carbocycles. The smallest absolute Gasteiger partial charge is 0.0379 e. The van der Waals surface area contributed by atoms with Crippen molar-refractivity contribution in [2.45, 2.75) is 13.0 Å². The molecule has 88 valence electrons. The van der Waals surface area contributed by atoms with Crippen LogP contribution in [0.3, 0.4) is 0 Å². The molecule has 0 aliphatic rings.